The molecule has 0 atom stereocenters. The number of benzene rings is 1. The Kier molecular flexibility index (Phi) is 5.87. The predicted octanol–water partition coefficient (Wildman–Crippen LogP) is 0.0654. The molecule has 0 saturated heterocycles. The summed E-state index contributed by atoms with van der Waals surface area (Å²) in [5.74, 6) is -2.80. The van der Waals surface area contributed by atoms with Gasteiger partial charge in [-0.3, -0.25) is 14.4 Å². The summed E-state index contributed by atoms with van der Waals surface area (Å²) in [6, 6.07) is 5.89. The molecular weight excluding hydrogens is 280 g/mol. The summed E-state index contributed by atoms with van der Waals surface area (Å²) in [7, 11) is 0. The molecule has 0 bridgehead atoms. The topological polar surface area (TPSA) is 125 Å². The summed E-state index contributed by atoms with van der Waals surface area (Å²) in [4.78, 5) is 49.0. The Balaban J connectivity index is 2.61. The van der Waals surface area contributed by atoms with Crippen molar-refractivity contribution < 1.29 is 28.8 Å². The van der Waals surface area contributed by atoms with Crippen LogP contribution in [-0.2, 0) is 19.2 Å². The van der Waals surface area contributed by atoms with Crippen molar-refractivity contribution in [2.75, 3.05) is 0 Å². The van der Waals surface area contributed by atoms with E-state index in [9.17, 15) is 19.2 Å². The minimum absolute atomic E-state index is 0.0152. The van der Waals surface area contributed by atoms with Crippen molar-refractivity contribution in [2.24, 2.45) is 5.73 Å². The van der Waals surface area contributed by atoms with Crippen LogP contribution in [0.15, 0.2) is 24.3 Å². The van der Waals surface area contributed by atoms with E-state index >= 15 is 0 Å². The summed E-state index contributed by atoms with van der Waals surface area (Å²) >= 11 is 0. The third-order valence-electron chi connectivity index (χ3n) is 2.22. The van der Waals surface area contributed by atoms with E-state index in [1.807, 2.05) is 5.48 Å². The fourth-order valence-corrected chi connectivity index (χ4v) is 1.33. The molecule has 0 fully saturated rings. The SMILES string of the molecule is CC(=O)Oc1ccccc1C(=O)ONC(=O)CCC(N)=O. The maximum Gasteiger partial charge on any atom is 0.366 e. The van der Waals surface area contributed by atoms with Gasteiger partial charge in [-0.05, 0) is 12.1 Å². The summed E-state index contributed by atoms with van der Waals surface area (Å²) in [6.07, 6.45) is -0.359. The van der Waals surface area contributed by atoms with E-state index in [0.717, 1.165) is 0 Å². The summed E-state index contributed by atoms with van der Waals surface area (Å²) in [6.45, 7) is 1.19. The van der Waals surface area contributed by atoms with Crippen molar-refractivity contribution in [3.63, 3.8) is 0 Å². The Morgan fingerprint density at radius 3 is 2.43 bits per heavy atom. The second kappa shape index (κ2) is 7.63. The lowest BCUT2D eigenvalue weighted by Gasteiger charge is -2.08. The third-order valence-corrected chi connectivity index (χ3v) is 2.22. The molecule has 0 saturated carbocycles. The van der Waals surface area contributed by atoms with Crippen molar-refractivity contribution in [3.8, 4) is 5.75 Å². The van der Waals surface area contributed by atoms with Crippen molar-refractivity contribution >= 4 is 23.8 Å². The molecule has 8 nitrogen and oxygen atoms in total. The van der Waals surface area contributed by atoms with Crippen LogP contribution in [0.25, 0.3) is 0 Å². The van der Waals surface area contributed by atoms with E-state index in [2.05, 4.69) is 4.84 Å². The molecule has 8 heteroatoms. The second-order valence-corrected chi connectivity index (χ2v) is 3.97. The number of para-hydroxylation sites is 1. The second-order valence-electron chi connectivity index (χ2n) is 3.97. The van der Waals surface area contributed by atoms with E-state index < -0.39 is 23.8 Å². The van der Waals surface area contributed by atoms with Gasteiger partial charge in [0.15, 0.2) is 0 Å². The Morgan fingerprint density at radius 1 is 1.14 bits per heavy atom. The van der Waals surface area contributed by atoms with Gasteiger partial charge in [0, 0.05) is 19.8 Å². The van der Waals surface area contributed by atoms with E-state index in [4.69, 9.17) is 10.5 Å². The Labute approximate surface area is 120 Å². The first-order chi connectivity index (χ1) is 9.90. The molecule has 0 heterocycles. The molecule has 0 aliphatic heterocycles. The number of esters is 1. The van der Waals surface area contributed by atoms with Crippen LogP contribution in [0.1, 0.15) is 30.1 Å². The fourth-order valence-electron chi connectivity index (χ4n) is 1.33. The molecule has 0 radical (unpaired) electrons. The summed E-state index contributed by atoms with van der Waals surface area (Å²) < 4.78 is 4.84. The summed E-state index contributed by atoms with van der Waals surface area (Å²) in [5.41, 5.74) is 6.73. The molecule has 2 amide bonds. The quantitative estimate of drug-likeness (QED) is 0.449. The van der Waals surface area contributed by atoms with Gasteiger partial charge in [-0.1, -0.05) is 12.1 Å². The fraction of sp³-hybridized carbons (Fsp3) is 0.231. The van der Waals surface area contributed by atoms with Gasteiger partial charge in [0.1, 0.15) is 11.3 Å². The first-order valence-electron chi connectivity index (χ1n) is 5.96. The average Bonchev–Trinajstić information content (AvgIpc) is 2.42. The minimum Gasteiger partial charge on any atom is -0.426 e. The number of carbonyl (C=O) groups is 4. The monoisotopic (exact) mass is 294 g/mol. The molecule has 1 rings (SSSR count). The number of hydrogen-bond acceptors (Lipinski definition) is 6. The highest BCUT2D eigenvalue weighted by Gasteiger charge is 2.16. The smallest absolute Gasteiger partial charge is 0.366 e. The van der Waals surface area contributed by atoms with Gasteiger partial charge in [-0.25, -0.2) is 4.79 Å². The number of nitrogens with two attached hydrogens (primary N) is 1. The number of carbonyl (C=O) groups excluding carboxylic acids is 4. The molecule has 3 N–H and O–H groups in total. The molecule has 21 heavy (non-hydrogen) atoms. The Morgan fingerprint density at radius 2 is 1.81 bits per heavy atom. The highest BCUT2D eigenvalue weighted by molar-refractivity contribution is 5.94. The zero-order valence-electron chi connectivity index (χ0n) is 11.3. The van der Waals surface area contributed by atoms with E-state index in [-0.39, 0.29) is 24.2 Å². The van der Waals surface area contributed by atoms with Crippen molar-refractivity contribution in [1.82, 2.24) is 5.48 Å². The van der Waals surface area contributed by atoms with Gasteiger partial charge in [-0.2, -0.15) is 5.48 Å². The summed E-state index contributed by atoms with van der Waals surface area (Å²) in [5, 5.41) is 0. The molecule has 112 valence electrons. The number of primary amides is 1. The number of ether oxygens (including phenoxy) is 1. The van der Waals surface area contributed by atoms with Gasteiger partial charge in [-0.15, -0.1) is 0 Å². The van der Waals surface area contributed by atoms with Crippen LogP contribution in [0, 0.1) is 0 Å². The number of nitrogens with one attached hydrogen (secondary N) is 1. The average molecular weight is 294 g/mol. The largest absolute Gasteiger partial charge is 0.426 e. The zero-order chi connectivity index (χ0) is 15.8. The molecule has 0 aliphatic carbocycles. The minimum atomic E-state index is -0.903. The predicted molar refractivity (Wildman–Crippen MR) is 69.7 cm³/mol. The van der Waals surface area contributed by atoms with E-state index in [0.29, 0.717) is 0 Å². The van der Waals surface area contributed by atoms with Crippen LogP contribution in [0.5, 0.6) is 5.75 Å². The molecule has 1 aromatic rings. The number of amides is 2. The number of hydrogen-bond donors (Lipinski definition) is 2. The van der Waals surface area contributed by atoms with Crippen molar-refractivity contribution in [1.29, 1.82) is 0 Å². The maximum absolute atomic E-state index is 11.8. The first-order valence-corrected chi connectivity index (χ1v) is 5.96. The van der Waals surface area contributed by atoms with Crippen LogP contribution >= 0.6 is 0 Å². The zero-order valence-corrected chi connectivity index (χ0v) is 11.3. The van der Waals surface area contributed by atoms with Gasteiger partial charge >= 0.3 is 11.9 Å². The van der Waals surface area contributed by atoms with Crippen LogP contribution in [-0.4, -0.2) is 23.8 Å². The van der Waals surface area contributed by atoms with Gasteiger partial charge in [0.25, 0.3) is 5.91 Å². The van der Waals surface area contributed by atoms with Crippen LogP contribution in [0.4, 0.5) is 0 Å². The normalized spacial score (nSPS) is 9.57. The standard InChI is InChI=1S/C13H14N2O6/c1-8(16)20-10-5-3-2-4-9(10)13(19)21-15-12(18)7-6-11(14)17/h2-5H,6-7H2,1H3,(H2,14,17)(H,15,18). The Bertz CT molecular complexity index is 570. The lowest BCUT2D eigenvalue weighted by molar-refractivity contribution is -0.132. The molecule has 1 aromatic carbocycles. The van der Waals surface area contributed by atoms with Crippen molar-refractivity contribution in [2.45, 2.75) is 19.8 Å². The van der Waals surface area contributed by atoms with Crippen LogP contribution in [0.2, 0.25) is 0 Å². The van der Waals surface area contributed by atoms with E-state index in [1.54, 1.807) is 12.1 Å². The molecule has 0 aliphatic rings. The lowest BCUT2D eigenvalue weighted by Crippen LogP contribution is -2.28. The molecule has 0 aromatic heterocycles. The number of hydroxylamine groups is 1. The van der Waals surface area contributed by atoms with Crippen molar-refractivity contribution in [3.05, 3.63) is 29.8 Å². The third kappa shape index (κ3) is 5.72. The highest BCUT2D eigenvalue weighted by Crippen LogP contribution is 2.18. The van der Waals surface area contributed by atoms with Crippen LogP contribution in [0.3, 0.4) is 0 Å². The lowest BCUT2D eigenvalue weighted by atomic mass is 10.2. The highest BCUT2D eigenvalue weighted by atomic mass is 16.7. The first kappa shape index (κ1) is 16.2. The maximum atomic E-state index is 11.8. The molecule has 0 unspecified atom stereocenters. The number of rotatable bonds is 5. The van der Waals surface area contributed by atoms with Crippen LogP contribution < -0.4 is 16.0 Å². The molecule has 0 spiro atoms. The Hall–Kier alpha value is -2.90. The molecular formula is C13H14N2O6. The van der Waals surface area contributed by atoms with E-state index in [1.165, 1.54) is 19.1 Å². The van der Waals surface area contributed by atoms with Gasteiger partial charge in [0.05, 0.1) is 0 Å². The van der Waals surface area contributed by atoms with Gasteiger partial charge < -0.3 is 15.3 Å². The van der Waals surface area contributed by atoms with Gasteiger partial charge in [0.2, 0.25) is 5.91 Å².